The van der Waals surface area contributed by atoms with Gasteiger partial charge in [-0.2, -0.15) is 0 Å². The maximum Gasteiger partial charge on any atom is 0.408 e. The molecule has 1 unspecified atom stereocenters. The van der Waals surface area contributed by atoms with Gasteiger partial charge in [0, 0.05) is 5.56 Å². The first-order valence-electron chi connectivity index (χ1n) is 9.66. The molecule has 1 aromatic heterocycles. The molecular formula is C21H26BrN5O4S. The van der Waals surface area contributed by atoms with Crippen molar-refractivity contribution in [3.63, 3.8) is 0 Å². The molecular weight excluding hydrogens is 498 g/mol. The van der Waals surface area contributed by atoms with Crippen LogP contribution in [0, 0.1) is 6.92 Å². The maximum absolute atomic E-state index is 12.4. The highest BCUT2D eigenvalue weighted by Gasteiger charge is 2.20. The molecule has 0 aliphatic heterocycles. The number of nitrogens with zero attached hydrogens (tertiary/aromatic N) is 3. The quantitative estimate of drug-likeness (QED) is 0.167. The molecule has 9 nitrogen and oxygen atoms in total. The Balaban J connectivity index is 2.17. The van der Waals surface area contributed by atoms with Crippen molar-refractivity contribution in [1.82, 2.24) is 20.8 Å². The molecule has 0 aliphatic rings. The number of benzene rings is 1. The van der Waals surface area contributed by atoms with Crippen LogP contribution in [0.25, 0.3) is 10.6 Å². The van der Waals surface area contributed by atoms with Crippen LogP contribution in [-0.4, -0.2) is 48.2 Å². The summed E-state index contributed by atoms with van der Waals surface area (Å²) < 4.78 is 10.7. The summed E-state index contributed by atoms with van der Waals surface area (Å²) in [5.41, 5.74) is 1.15. The van der Waals surface area contributed by atoms with Gasteiger partial charge in [-0.3, -0.25) is 9.79 Å². The molecule has 1 heterocycles. The minimum Gasteiger partial charge on any atom is -0.481 e. The number of carbonyl (C=O) groups is 2. The minimum absolute atomic E-state index is 0.220. The highest BCUT2D eigenvalue weighted by Crippen LogP contribution is 2.25. The zero-order valence-corrected chi connectivity index (χ0v) is 20.9. The van der Waals surface area contributed by atoms with Crippen LogP contribution < -0.4 is 10.6 Å². The van der Waals surface area contributed by atoms with Crippen molar-refractivity contribution in [3.05, 3.63) is 45.2 Å². The van der Waals surface area contributed by atoms with Gasteiger partial charge < -0.3 is 20.1 Å². The number of amides is 1. The van der Waals surface area contributed by atoms with Crippen molar-refractivity contribution in [1.29, 1.82) is 0 Å². The number of ether oxygens (including phenoxy) is 2. The molecule has 2 rings (SSSR count). The predicted molar refractivity (Wildman–Crippen MR) is 128 cm³/mol. The first-order valence-corrected chi connectivity index (χ1v) is 11.3. The Morgan fingerprint density at radius 2 is 1.97 bits per heavy atom. The Kier molecular flexibility index (Phi) is 9.33. The Hall–Kier alpha value is -2.79. The van der Waals surface area contributed by atoms with Crippen LogP contribution in [-0.2, 0) is 14.3 Å². The summed E-state index contributed by atoms with van der Waals surface area (Å²) in [5, 5.41) is 15.6. The highest BCUT2D eigenvalue weighted by atomic mass is 79.9. The molecule has 0 saturated carbocycles. The van der Waals surface area contributed by atoms with Crippen molar-refractivity contribution in [2.75, 3.05) is 13.7 Å². The fraction of sp³-hybridized carbons (Fsp3) is 0.381. The molecule has 1 aromatic carbocycles. The van der Waals surface area contributed by atoms with Crippen LogP contribution in [0.5, 0.6) is 0 Å². The van der Waals surface area contributed by atoms with Crippen LogP contribution in [0.2, 0.25) is 0 Å². The lowest BCUT2D eigenvalue weighted by Gasteiger charge is -2.23. The first kappa shape index (κ1) is 25.5. The Morgan fingerprint density at radius 1 is 1.28 bits per heavy atom. The molecule has 11 heteroatoms. The first-order chi connectivity index (χ1) is 15.1. The molecule has 32 heavy (non-hydrogen) atoms. The lowest BCUT2D eigenvalue weighted by molar-refractivity contribution is -0.104. The van der Waals surface area contributed by atoms with E-state index in [1.54, 1.807) is 20.8 Å². The average Bonchev–Trinajstić information content (AvgIpc) is 3.17. The fourth-order valence-electron chi connectivity index (χ4n) is 2.50. The number of aldehydes is 1. The number of halogens is 1. The average molecular weight is 524 g/mol. The molecule has 0 radical (unpaired) electrons. The van der Waals surface area contributed by atoms with E-state index in [2.05, 4.69) is 41.8 Å². The number of alkyl carbamates (subject to hydrolysis) is 1. The van der Waals surface area contributed by atoms with Crippen molar-refractivity contribution in [2.45, 2.75) is 39.3 Å². The van der Waals surface area contributed by atoms with Gasteiger partial charge in [-0.05, 0) is 49.2 Å². The van der Waals surface area contributed by atoms with Crippen LogP contribution in [0.3, 0.4) is 0 Å². The molecule has 1 atom stereocenters. The number of aliphatic imine (C=N–C) groups is 1. The Morgan fingerprint density at radius 3 is 2.50 bits per heavy atom. The van der Waals surface area contributed by atoms with Crippen molar-refractivity contribution in [3.8, 4) is 10.6 Å². The third-order valence-electron chi connectivity index (χ3n) is 3.88. The van der Waals surface area contributed by atoms with Gasteiger partial charge >= 0.3 is 6.09 Å². The second-order valence-electron chi connectivity index (χ2n) is 7.58. The monoisotopic (exact) mass is 523 g/mol. The van der Waals surface area contributed by atoms with E-state index in [0.29, 0.717) is 6.29 Å². The number of carbonyl (C=O) groups excluding carboxylic acids is 2. The van der Waals surface area contributed by atoms with E-state index in [-0.39, 0.29) is 16.9 Å². The topological polar surface area (TPSA) is 115 Å². The maximum atomic E-state index is 12.4. The van der Waals surface area contributed by atoms with Crippen molar-refractivity contribution >= 4 is 46.0 Å². The summed E-state index contributed by atoms with van der Waals surface area (Å²) in [5.74, 6) is 0.220. The number of aryl methyl sites for hydroxylation is 1. The van der Waals surface area contributed by atoms with Crippen molar-refractivity contribution < 1.29 is 19.1 Å². The molecule has 1 amide bonds. The van der Waals surface area contributed by atoms with Crippen LogP contribution >= 0.6 is 27.3 Å². The smallest absolute Gasteiger partial charge is 0.408 e. The SMILES string of the molecule is CO/C(NC=NCC(NC(=O)OC(C)(C)C)c1ccc(-c2nnc(C)s2)cc1)=C(\Br)C=O. The summed E-state index contributed by atoms with van der Waals surface area (Å²) in [6.07, 6.45) is 1.45. The van der Waals surface area contributed by atoms with Gasteiger partial charge in [-0.25, -0.2) is 4.79 Å². The number of rotatable bonds is 9. The third kappa shape index (κ3) is 8.04. The summed E-state index contributed by atoms with van der Waals surface area (Å²) in [4.78, 5) is 27.5. The molecule has 0 fully saturated rings. The standard InChI is InChI=1S/C21H26BrN5O4S/c1-13-26-27-19(32-13)15-8-6-14(7-9-15)17(25-20(29)31-21(2,3)4)10-23-12-24-18(30-5)16(22)11-28/h6-9,11-12,17H,10H2,1-5H3,(H,23,24)(H,25,29)/b18-16-. The van der Waals surface area contributed by atoms with Gasteiger partial charge in [0.1, 0.15) is 20.1 Å². The number of methoxy groups -OCH3 is 1. The normalized spacial score (nSPS) is 13.3. The second kappa shape index (κ2) is 11.7. The zero-order valence-electron chi connectivity index (χ0n) is 18.5. The van der Waals surface area contributed by atoms with Gasteiger partial charge in [-0.15, -0.1) is 10.2 Å². The van der Waals surface area contributed by atoms with Crippen LogP contribution in [0.15, 0.2) is 39.6 Å². The van der Waals surface area contributed by atoms with E-state index in [9.17, 15) is 9.59 Å². The summed E-state index contributed by atoms with van der Waals surface area (Å²) >= 11 is 4.60. The van der Waals surface area contributed by atoms with Gasteiger partial charge in [0.05, 0.1) is 26.0 Å². The second-order valence-corrected chi connectivity index (χ2v) is 9.62. The van der Waals surface area contributed by atoms with Crippen LogP contribution in [0.1, 0.15) is 37.4 Å². The Labute approximate surface area is 199 Å². The van der Waals surface area contributed by atoms with E-state index in [4.69, 9.17) is 9.47 Å². The lowest BCUT2D eigenvalue weighted by atomic mass is 10.1. The minimum atomic E-state index is -0.627. The number of allylic oxidation sites excluding steroid dienone is 1. The molecule has 2 N–H and O–H groups in total. The summed E-state index contributed by atoms with van der Waals surface area (Å²) in [6, 6.07) is 7.21. The van der Waals surface area contributed by atoms with E-state index in [1.807, 2.05) is 31.2 Å². The molecule has 0 aliphatic carbocycles. The molecule has 2 aromatic rings. The summed E-state index contributed by atoms with van der Waals surface area (Å²) in [7, 11) is 1.43. The van der Waals surface area contributed by atoms with Crippen LogP contribution in [0.4, 0.5) is 4.79 Å². The highest BCUT2D eigenvalue weighted by molar-refractivity contribution is 9.12. The van der Waals surface area contributed by atoms with Gasteiger partial charge in [-0.1, -0.05) is 35.6 Å². The molecule has 0 saturated heterocycles. The Bertz CT molecular complexity index is 983. The fourth-order valence-corrected chi connectivity index (χ4v) is 3.47. The predicted octanol–water partition coefficient (Wildman–Crippen LogP) is 4.11. The number of hydrogen-bond acceptors (Lipinski definition) is 8. The van der Waals surface area contributed by atoms with Gasteiger partial charge in [0.2, 0.25) is 5.88 Å². The number of nitrogens with one attached hydrogen (secondary N) is 2. The summed E-state index contributed by atoms with van der Waals surface area (Å²) in [6.45, 7) is 7.52. The zero-order chi connectivity index (χ0) is 23.7. The number of hydrogen-bond donors (Lipinski definition) is 2. The van der Waals surface area contributed by atoms with E-state index in [0.717, 1.165) is 21.1 Å². The largest absolute Gasteiger partial charge is 0.481 e. The molecule has 0 bridgehead atoms. The third-order valence-corrected chi connectivity index (χ3v) is 5.31. The number of aromatic nitrogens is 2. The van der Waals surface area contributed by atoms with Crippen molar-refractivity contribution in [2.24, 2.45) is 4.99 Å². The lowest BCUT2D eigenvalue weighted by Crippen LogP contribution is -2.36. The molecule has 0 spiro atoms. The van der Waals surface area contributed by atoms with E-state index in [1.165, 1.54) is 24.8 Å². The van der Waals surface area contributed by atoms with Gasteiger partial charge in [0.25, 0.3) is 0 Å². The van der Waals surface area contributed by atoms with E-state index >= 15 is 0 Å². The molecule has 172 valence electrons. The van der Waals surface area contributed by atoms with E-state index < -0.39 is 17.7 Å². The van der Waals surface area contributed by atoms with Gasteiger partial charge in [0.15, 0.2) is 6.29 Å².